The molecular formula is C8H18N3O12P3. The molecule has 1 rings (SSSR count). The lowest BCUT2D eigenvalue weighted by Gasteiger charge is -2.22. The molecule has 0 radical (unpaired) electrons. The molecule has 0 spiro atoms. The normalized spacial score (nSPS) is 29.4. The van der Waals surface area contributed by atoms with Crippen molar-refractivity contribution in [1.82, 2.24) is 0 Å². The van der Waals surface area contributed by atoms with Crippen LogP contribution in [0.5, 0.6) is 0 Å². The number of hydrogen-bond acceptors (Lipinski definition) is 9. The van der Waals surface area contributed by atoms with Gasteiger partial charge in [-0.15, -0.1) is 0 Å². The van der Waals surface area contributed by atoms with Crippen LogP contribution >= 0.6 is 23.5 Å². The van der Waals surface area contributed by atoms with Crippen LogP contribution in [0.25, 0.3) is 10.4 Å². The van der Waals surface area contributed by atoms with Gasteiger partial charge < -0.3 is 29.0 Å². The molecule has 1 aliphatic heterocycles. The Kier molecular flexibility index (Phi) is 8.40. The van der Waals surface area contributed by atoms with Crippen LogP contribution in [-0.2, 0) is 36.3 Å². The molecular weight excluding hydrogens is 423 g/mol. The maximum atomic E-state index is 11.7. The molecule has 18 heteroatoms. The average Bonchev–Trinajstić information content (AvgIpc) is 2.72. The standard InChI is InChI=1S/C8H18N3O12P3/c1-5-3-7(21-6(2)10-11-9)8(20-5)4-19-25(15,16)23-26(17,18)22-24(12,13)14/h5-8H,3-4H2,1-2H3,(H,15,16)(H,17,18)(H2,12,13,14)/t5-,6?,7+,8+/m0/s1. The second kappa shape index (κ2) is 9.22. The minimum absolute atomic E-state index is 0.326. The van der Waals surface area contributed by atoms with E-state index in [4.69, 9.17) is 29.7 Å². The van der Waals surface area contributed by atoms with Crippen molar-refractivity contribution in [2.24, 2.45) is 5.11 Å². The van der Waals surface area contributed by atoms with Crippen LogP contribution < -0.4 is 0 Å². The van der Waals surface area contributed by atoms with E-state index in [1.807, 2.05) is 0 Å². The maximum Gasteiger partial charge on any atom is 0.490 e. The molecule has 1 aliphatic rings. The molecule has 0 saturated carbocycles. The zero-order valence-corrected chi connectivity index (χ0v) is 16.1. The molecule has 3 unspecified atom stereocenters. The van der Waals surface area contributed by atoms with E-state index in [0.717, 1.165) is 0 Å². The largest absolute Gasteiger partial charge is 0.490 e. The van der Waals surface area contributed by atoms with Crippen molar-refractivity contribution in [2.75, 3.05) is 6.61 Å². The van der Waals surface area contributed by atoms with E-state index in [9.17, 15) is 18.6 Å². The van der Waals surface area contributed by atoms with E-state index in [1.54, 1.807) is 6.92 Å². The van der Waals surface area contributed by atoms with Crippen LogP contribution in [0, 0.1) is 0 Å². The number of nitrogens with zero attached hydrogens (tertiary/aromatic N) is 3. The smallest absolute Gasteiger partial charge is 0.370 e. The lowest BCUT2D eigenvalue weighted by atomic mass is 10.1. The highest BCUT2D eigenvalue weighted by molar-refractivity contribution is 7.66. The Bertz CT molecular complexity index is 677. The zero-order valence-electron chi connectivity index (χ0n) is 13.5. The monoisotopic (exact) mass is 441 g/mol. The molecule has 0 aliphatic carbocycles. The Morgan fingerprint density at radius 3 is 2.38 bits per heavy atom. The first kappa shape index (κ1) is 23.7. The van der Waals surface area contributed by atoms with E-state index in [2.05, 4.69) is 23.2 Å². The van der Waals surface area contributed by atoms with E-state index in [1.165, 1.54) is 6.92 Å². The molecule has 152 valence electrons. The topological polar surface area (TPSA) is 227 Å². The summed E-state index contributed by atoms with van der Waals surface area (Å²) in [6, 6.07) is 0. The van der Waals surface area contributed by atoms with Crippen molar-refractivity contribution in [3.8, 4) is 0 Å². The van der Waals surface area contributed by atoms with Gasteiger partial charge in [-0.25, -0.2) is 13.7 Å². The number of phosphoric acid groups is 3. The summed E-state index contributed by atoms with van der Waals surface area (Å²) in [5, 5.41) is 3.31. The second-order valence-corrected chi connectivity index (χ2v) is 9.51. The van der Waals surface area contributed by atoms with Crippen LogP contribution in [0.2, 0.25) is 0 Å². The number of azide groups is 1. The van der Waals surface area contributed by atoms with Crippen LogP contribution in [0.15, 0.2) is 5.11 Å². The van der Waals surface area contributed by atoms with E-state index >= 15 is 0 Å². The molecule has 15 nitrogen and oxygen atoms in total. The van der Waals surface area contributed by atoms with Gasteiger partial charge in [-0.2, -0.15) is 8.62 Å². The van der Waals surface area contributed by atoms with Gasteiger partial charge in [0.15, 0.2) is 0 Å². The van der Waals surface area contributed by atoms with Gasteiger partial charge in [-0.05, 0) is 19.4 Å². The summed E-state index contributed by atoms with van der Waals surface area (Å²) >= 11 is 0. The predicted molar refractivity (Wildman–Crippen MR) is 82.2 cm³/mol. The minimum Gasteiger partial charge on any atom is -0.370 e. The highest BCUT2D eigenvalue weighted by Gasteiger charge is 2.42. The summed E-state index contributed by atoms with van der Waals surface area (Å²) in [5.41, 5.74) is 8.35. The van der Waals surface area contributed by atoms with Gasteiger partial charge in [0, 0.05) is 11.3 Å². The molecule has 0 bridgehead atoms. The van der Waals surface area contributed by atoms with Crippen LogP contribution in [0.1, 0.15) is 20.3 Å². The fraction of sp³-hybridized carbons (Fsp3) is 1.00. The summed E-state index contributed by atoms with van der Waals surface area (Å²) in [7, 11) is -16.3. The molecule has 1 saturated heterocycles. The predicted octanol–water partition coefficient (Wildman–Crippen LogP) is 1.55. The summed E-state index contributed by atoms with van der Waals surface area (Å²) in [6.45, 7) is 2.50. The van der Waals surface area contributed by atoms with Crippen LogP contribution in [0.3, 0.4) is 0 Å². The summed E-state index contributed by atoms with van der Waals surface area (Å²) in [6.07, 6.45) is -2.43. The Hall–Kier alpha value is -0.360. The Labute approximate surface area is 147 Å². The second-order valence-electron chi connectivity index (χ2n) is 5.09. The highest BCUT2D eigenvalue weighted by Crippen LogP contribution is 2.66. The molecule has 1 heterocycles. The van der Waals surface area contributed by atoms with Crippen molar-refractivity contribution in [3.05, 3.63) is 10.4 Å². The number of phosphoric ester groups is 1. The Morgan fingerprint density at radius 1 is 1.23 bits per heavy atom. The van der Waals surface area contributed by atoms with Crippen molar-refractivity contribution in [3.63, 3.8) is 0 Å². The fourth-order valence-electron chi connectivity index (χ4n) is 2.03. The molecule has 6 atom stereocenters. The first-order valence-corrected chi connectivity index (χ1v) is 11.4. The molecule has 1 fully saturated rings. The first-order valence-electron chi connectivity index (χ1n) is 6.86. The average molecular weight is 441 g/mol. The Morgan fingerprint density at radius 2 is 1.85 bits per heavy atom. The molecule has 0 amide bonds. The maximum absolute atomic E-state index is 11.7. The lowest BCUT2D eigenvalue weighted by Crippen LogP contribution is -2.31. The SMILES string of the molecule is CC(N=[N+]=[N-])O[C@@H]1C[C@H](C)O[C@@H]1COP(=O)(O)OP(=O)(O)OP(=O)(O)O. The van der Waals surface area contributed by atoms with Crippen LogP contribution in [0.4, 0.5) is 0 Å². The third-order valence-corrected chi connectivity index (χ3v) is 6.59. The summed E-state index contributed by atoms with van der Waals surface area (Å²) < 4.78 is 55.9. The molecule has 4 N–H and O–H groups in total. The highest BCUT2D eigenvalue weighted by atomic mass is 31.3. The summed E-state index contributed by atoms with van der Waals surface area (Å²) in [5.74, 6) is 0. The van der Waals surface area contributed by atoms with Gasteiger partial charge in [0.25, 0.3) is 0 Å². The van der Waals surface area contributed by atoms with Gasteiger partial charge in [0.1, 0.15) is 12.3 Å². The Balaban J connectivity index is 2.66. The van der Waals surface area contributed by atoms with Crippen molar-refractivity contribution >= 4 is 23.5 Å². The zero-order chi connectivity index (χ0) is 20.2. The van der Waals surface area contributed by atoms with E-state index < -0.39 is 48.5 Å². The molecule has 0 aromatic carbocycles. The van der Waals surface area contributed by atoms with Gasteiger partial charge in [-0.3, -0.25) is 4.52 Å². The van der Waals surface area contributed by atoms with Crippen molar-refractivity contribution in [2.45, 2.75) is 44.8 Å². The number of hydrogen-bond donors (Lipinski definition) is 4. The van der Waals surface area contributed by atoms with Crippen molar-refractivity contribution < 1.29 is 55.9 Å². The van der Waals surface area contributed by atoms with Crippen LogP contribution in [-0.4, -0.2) is 50.7 Å². The van der Waals surface area contributed by atoms with Gasteiger partial charge in [0.05, 0.1) is 18.8 Å². The fourth-order valence-corrected chi connectivity index (χ4v) is 5.06. The minimum atomic E-state index is -5.58. The molecule has 0 aromatic rings. The number of rotatable bonds is 10. The number of ether oxygens (including phenoxy) is 2. The molecule has 0 aromatic heterocycles. The van der Waals surface area contributed by atoms with E-state index in [-0.39, 0.29) is 6.10 Å². The van der Waals surface area contributed by atoms with Crippen molar-refractivity contribution in [1.29, 1.82) is 0 Å². The third kappa shape index (κ3) is 9.03. The first-order chi connectivity index (χ1) is 11.7. The van der Waals surface area contributed by atoms with Gasteiger partial charge >= 0.3 is 23.5 Å². The van der Waals surface area contributed by atoms with Gasteiger partial charge in [0.2, 0.25) is 0 Å². The lowest BCUT2D eigenvalue weighted by molar-refractivity contribution is -0.0643. The quantitative estimate of drug-likeness (QED) is 0.164. The molecule has 26 heavy (non-hydrogen) atoms. The van der Waals surface area contributed by atoms with E-state index in [0.29, 0.717) is 6.42 Å². The summed E-state index contributed by atoms with van der Waals surface area (Å²) in [4.78, 5) is 37.9. The van der Waals surface area contributed by atoms with Gasteiger partial charge in [-0.1, -0.05) is 5.11 Å². The third-order valence-electron chi connectivity index (χ3n) is 2.79.